The third-order valence-corrected chi connectivity index (χ3v) is 7.23. The van der Waals surface area contributed by atoms with Crippen molar-refractivity contribution in [2.75, 3.05) is 63.8 Å². The Balaban J connectivity index is 1.39. The number of aromatic nitrogens is 2. The lowest BCUT2D eigenvalue weighted by Crippen LogP contribution is -2.46. The summed E-state index contributed by atoms with van der Waals surface area (Å²) in [6.45, 7) is 9.05. The number of hydrogen-bond donors (Lipinski definition) is 0. The van der Waals surface area contributed by atoms with Gasteiger partial charge in [-0.05, 0) is 74.1 Å². The smallest absolute Gasteiger partial charge is 0.254 e. The molecule has 8 nitrogen and oxygen atoms in total. The van der Waals surface area contributed by atoms with Crippen molar-refractivity contribution in [3.05, 3.63) is 77.9 Å². The Labute approximate surface area is 234 Å². The van der Waals surface area contributed by atoms with E-state index < -0.39 is 5.82 Å². The monoisotopic (exact) mass is 550 g/mol. The number of halogens is 2. The van der Waals surface area contributed by atoms with Gasteiger partial charge >= 0.3 is 0 Å². The molecule has 0 aliphatic carbocycles. The van der Waals surface area contributed by atoms with Gasteiger partial charge in [-0.1, -0.05) is 19.9 Å². The highest BCUT2D eigenvalue weighted by Crippen LogP contribution is 2.20. The molecule has 0 radical (unpaired) electrons. The van der Waals surface area contributed by atoms with Crippen LogP contribution in [-0.4, -0.2) is 95.6 Å². The number of carbonyl (C=O) groups excluding carboxylic acids is 2. The zero-order valence-electron chi connectivity index (χ0n) is 23.1. The van der Waals surface area contributed by atoms with Crippen molar-refractivity contribution >= 4 is 17.6 Å². The van der Waals surface area contributed by atoms with Gasteiger partial charge in [-0.15, -0.1) is 10.2 Å². The second kappa shape index (κ2) is 13.9. The molecule has 0 saturated carbocycles. The van der Waals surface area contributed by atoms with Gasteiger partial charge < -0.3 is 19.6 Å². The molecular formula is C30H36F2N6O2. The summed E-state index contributed by atoms with van der Waals surface area (Å²) in [7, 11) is 0. The maximum absolute atomic E-state index is 13.8. The van der Waals surface area contributed by atoms with E-state index in [1.807, 2.05) is 12.1 Å². The predicted molar refractivity (Wildman–Crippen MR) is 151 cm³/mol. The molecule has 1 aliphatic heterocycles. The van der Waals surface area contributed by atoms with Crippen LogP contribution in [0.3, 0.4) is 0 Å². The Hall–Kier alpha value is -3.92. The van der Waals surface area contributed by atoms with Crippen molar-refractivity contribution in [1.82, 2.24) is 24.9 Å². The third-order valence-electron chi connectivity index (χ3n) is 7.23. The number of carbonyl (C=O) groups is 2. The van der Waals surface area contributed by atoms with Crippen molar-refractivity contribution in [2.45, 2.75) is 20.3 Å². The molecule has 1 saturated heterocycles. The molecule has 1 fully saturated rings. The Morgan fingerprint density at radius 2 is 1.62 bits per heavy atom. The summed E-state index contributed by atoms with van der Waals surface area (Å²) in [6, 6.07) is 15.4. The molecule has 0 spiro atoms. The van der Waals surface area contributed by atoms with Gasteiger partial charge in [0.2, 0.25) is 5.91 Å². The predicted octanol–water partition coefficient (Wildman–Crippen LogP) is 3.94. The van der Waals surface area contributed by atoms with E-state index in [1.54, 1.807) is 23.1 Å². The molecule has 10 heteroatoms. The molecule has 4 rings (SSSR count). The number of anilines is 1. The van der Waals surface area contributed by atoms with E-state index in [0.717, 1.165) is 25.1 Å². The lowest BCUT2D eigenvalue weighted by atomic mass is 10.1. The van der Waals surface area contributed by atoms with Gasteiger partial charge in [0, 0.05) is 50.4 Å². The van der Waals surface area contributed by atoms with E-state index in [0.29, 0.717) is 50.8 Å². The highest BCUT2D eigenvalue weighted by molar-refractivity contribution is 5.96. The highest BCUT2D eigenvalue weighted by atomic mass is 19.1. The Kier molecular flexibility index (Phi) is 10.1. The second-order valence-electron chi connectivity index (χ2n) is 9.77. The number of amides is 2. The van der Waals surface area contributed by atoms with Crippen LogP contribution in [0, 0.1) is 11.6 Å². The largest absolute Gasteiger partial charge is 0.353 e. The van der Waals surface area contributed by atoms with E-state index in [4.69, 9.17) is 0 Å². The minimum atomic E-state index is -0.484. The van der Waals surface area contributed by atoms with Gasteiger partial charge in [-0.3, -0.25) is 9.59 Å². The van der Waals surface area contributed by atoms with Gasteiger partial charge in [0.1, 0.15) is 18.2 Å². The first-order valence-corrected chi connectivity index (χ1v) is 13.8. The van der Waals surface area contributed by atoms with E-state index in [2.05, 4.69) is 33.8 Å². The molecule has 2 aromatic carbocycles. The van der Waals surface area contributed by atoms with Gasteiger partial charge in [-0.2, -0.15) is 0 Å². The summed E-state index contributed by atoms with van der Waals surface area (Å²) in [6.07, 6.45) is 0.740. The Morgan fingerprint density at radius 1 is 0.850 bits per heavy atom. The van der Waals surface area contributed by atoms with Crippen LogP contribution in [0.15, 0.2) is 60.7 Å². The van der Waals surface area contributed by atoms with E-state index in [9.17, 15) is 18.4 Å². The molecule has 1 aliphatic rings. The molecule has 40 heavy (non-hydrogen) atoms. The zero-order valence-corrected chi connectivity index (χ0v) is 23.1. The molecule has 0 atom stereocenters. The summed E-state index contributed by atoms with van der Waals surface area (Å²) >= 11 is 0. The summed E-state index contributed by atoms with van der Waals surface area (Å²) in [4.78, 5) is 34.2. The first-order chi connectivity index (χ1) is 19.4. The normalized spacial score (nSPS) is 13.8. The summed E-state index contributed by atoms with van der Waals surface area (Å²) in [5, 5.41) is 8.68. The zero-order chi connectivity index (χ0) is 28.5. The first kappa shape index (κ1) is 29.1. The van der Waals surface area contributed by atoms with Crippen LogP contribution >= 0.6 is 0 Å². The van der Waals surface area contributed by atoms with Gasteiger partial charge in [0.25, 0.3) is 5.91 Å². The fourth-order valence-electron chi connectivity index (χ4n) is 4.79. The molecule has 1 aromatic heterocycles. The highest BCUT2D eigenvalue weighted by Gasteiger charge is 2.25. The average molecular weight is 551 g/mol. The number of nitrogens with zero attached hydrogens (tertiary/aromatic N) is 6. The summed E-state index contributed by atoms with van der Waals surface area (Å²) in [5.41, 5.74) is 1.67. The van der Waals surface area contributed by atoms with Gasteiger partial charge in [0.15, 0.2) is 5.82 Å². The fourth-order valence-corrected chi connectivity index (χ4v) is 4.79. The maximum Gasteiger partial charge on any atom is 0.254 e. The standard InChI is InChI=1S/C30H36F2N6O2/c1-3-35(4-2)17-18-38(30(40)24-7-5-8-26(32)21-24)22-29(39)37-16-6-15-36(19-20-37)28-14-13-27(33-34-28)23-9-11-25(31)12-10-23/h5,7-14,21H,3-4,6,15-20,22H2,1-2H3. The van der Waals surface area contributed by atoms with Crippen LogP contribution in [-0.2, 0) is 4.79 Å². The van der Waals surface area contributed by atoms with Crippen LogP contribution in [0.25, 0.3) is 11.3 Å². The topological polar surface area (TPSA) is 72.9 Å². The van der Waals surface area contributed by atoms with Crippen molar-refractivity contribution in [3.8, 4) is 11.3 Å². The molecule has 0 N–H and O–H groups in total. The SMILES string of the molecule is CCN(CC)CCN(CC(=O)N1CCCN(c2ccc(-c3ccc(F)cc3)nn2)CC1)C(=O)c1cccc(F)c1. The minimum absolute atomic E-state index is 0.0667. The second-order valence-corrected chi connectivity index (χ2v) is 9.77. The molecule has 212 valence electrons. The fraction of sp³-hybridized carbons (Fsp3) is 0.400. The number of likely N-dealkylation sites (N-methyl/N-ethyl adjacent to an activating group) is 1. The van der Waals surface area contributed by atoms with Crippen LogP contribution in [0.2, 0.25) is 0 Å². The molecular weight excluding hydrogens is 514 g/mol. The summed E-state index contributed by atoms with van der Waals surface area (Å²) in [5.74, 6) is -0.566. The van der Waals surface area contributed by atoms with Crippen molar-refractivity contribution < 1.29 is 18.4 Å². The van der Waals surface area contributed by atoms with Crippen LogP contribution < -0.4 is 4.90 Å². The molecule has 3 aromatic rings. The number of hydrogen-bond acceptors (Lipinski definition) is 6. The van der Waals surface area contributed by atoms with Gasteiger partial charge in [-0.25, -0.2) is 8.78 Å². The van der Waals surface area contributed by atoms with Crippen LogP contribution in [0.1, 0.15) is 30.6 Å². The van der Waals surface area contributed by atoms with Crippen molar-refractivity contribution in [3.63, 3.8) is 0 Å². The number of benzene rings is 2. The summed E-state index contributed by atoms with van der Waals surface area (Å²) < 4.78 is 27.1. The van der Waals surface area contributed by atoms with E-state index >= 15 is 0 Å². The third kappa shape index (κ3) is 7.59. The maximum atomic E-state index is 13.8. The Morgan fingerprint density at radius 3 is 2.30 bits per heavy atom. The molecule has 0 unspecified atom stereocenters. The van der Waals surface area contributed by atoms with Crippen LogP contribution in [0.4, 0.5) is 14.6 Å². The minimum Gasteiger partial charge on any atom is -0.353 e. The molecule has 2 amide bonds. The Bertz CT molecular complexity index is 1270. The first-order valence-electron chi connectivity index (χ1n) is 13.8. The lowest BCUT2D eigenvalue weighted by molar-refractivity contribution is -0.131. The van der Waals surface area contributed by atoms with E-state index in [-0.39, 0.29) is 29.7 Å². The van der Waals surface area contributed by atoms with Crippen LogP contribution in [0.5, 0.6) is 0 Å². The number of rotatable bonds is 10. The van der Waals surface area contributed by atoms with Crippen molar-refractivity contribution in [2.24, 2.45) is 0 Å². The molecule has 2 heterocycles. The van der Waals surface area contributed by atoms with Crippen molar-refractivity contribution in [1.29, 1.82) is 0 Å². The molecule has 0 bridgehead atoms. The van der Waals surface area contributed by atoms with E-state index in [1.165, 1.54) is 35.2 Å². The average Bonchev–Trinajstić information content (AvgIpc) is 3.24. The lowest BCUT2D eigenvalue weighted by Gasteiger charge is -2.29. The quantitative estimate of drug-likeness (QED) is 0.381. The van der Waals surface area contributed by atoms with Gasteiger partial charge in [0.05, 0.1) is 5.69 Å².